The Morgan fingerprint density at radius 1 is 1.50 bits per heavy atom. The zero-order chi connectivity index (χ0) is 11.7. The molecule has 0 atom stereocenters. The number of halogens is 1. The van der Waals surface area contributed by atoms with Gasteiger partial charge >= 0.3 is 0 Å². The highest BCUT2D eigenvalue weighted by atomic mass is 19.1. The van der Waals surface area contributed by atoms with Crippen LogP contribution in [0.4, 0.5) is 10.1 Å². The highest BCUT2D eigenvalue weighted by Crippen LogP contribution is 2.43. The first-order valence-electron chi connectivity index (χ1n) is 5.71. The van der Waals surface area contributed by atoms with Crippen molar-refractivity contribution in [3.8, 4) is 0 Å². The number of benzene rings is 1. The van der Waals surface area contributed by atoms with Gasteiger partial charge in [-0.1, -0.05) is 6.92 Å². The molecule has 86 valence electrons. The van der Waals surface area contributed by atoms with E-state index in [0.29, 0.717) is 11.6 Å². The molecular weight excluding hydrogens is 205 g/mol. The lowest BCUT2D eigenvalue weighted by molar-refractivity contribution is -0.114. The van der Waals surface area contributed by atoms with Crippen molar-refractivity contribution in [1.29, 1.82) is 0 Å². The first-order valence-corrected chi connectivity index (χ1v) is 5.71. The van der Waals surface area contributed by atoms with Gasteiger partial charge in [0, 0.05) is 12.6 Å². The van der Waals surface area contributed by atoms with Gasteiger partial charge in [0.05, 0.1) is 0 Å². The van der Waals surface area contributed by atoms with Crippen LogP contribution >= 0.6 is 0 Å². The number of carbonyl (C=O) groups excluding carboxylic acids is 1. The van der Waals surface area contributed by atoms with Gasteiger partial charge < -0.3 is 5.32 Å². The van der Waals surface area contributed by atoms with Crippen LogP contribution in [0.15, 0.2) is 12.1 Å². The maximum Gasteiger partial charge on any atom is 0.221 e. The second-order valence-electron chi connectivity index (χ2n) is 4.34. The van der Waals surface area contributed by atoms with Crippen molar-refractivity contribution in [2.24, 2.45) is 0 Å². The number of aryl methyl sites for hydroxylation is 1. The summed E-state index contributed by atoms with van der Waals surface area (Å²) in [6.07, 6.45) is 2.98. The minimum Gasteiger partial charge on any atom is -0.326 e. The third-order valence-electron chi connectivity index (χ3n) is 2.90. The fraction of sp³-hybridized carbons (Fsp3) is 0.462. The fourth-order valence-electron chi connectivity index (χ4n) is 2.07. The van der Waals surface area contributed by atoms with Crippen LogP contribution in [0.25, 0.3) is 0 Å². The average Bonchev–Trinajstić information content (AvgIpc) is 2.99. The maximum atomic E-state index is 13.9. The van der Waals surface area contributed by atoms with Crippen molar-refractivity contribution in [2.75, 3.05) is 5.32 Å². The number of amides is 1. The Balaban J connectivity index is 2.37. The SMILES string of the molecule is CCc1cc(NC(C)=O)cc(F)c1C1CC1. The van der Waals surface area contributed by atoms with Crippen molar-refractivity contribution in [1.82, 2.24) is 0 Å². The van der Waals surface area contributed by atoms with Crippen molar-refractivity contribution in [2.45, 2.75) is 39.0 Å². The Hall–Kier alpha value is -1.38. The van der Waals surface area contributed by atoms with Crippen LogP contribution < -0.4 is 5.32 Å². The molecule has 0 heterocycles. The lowest BCUT2D eigenvalue weighted by Gasteiger charge is -2.11. The van der Waals surface area contributed by atoms with Gasteiger partial charge in [-0.15, -0.1) is 0 Å². The van der Waals surface area contributed by atoms with Crippen LogP contribution in [-0.2, 0) is 11.2 Å². The standard InChI is InChI=1S/C13H16FNO/c1-3-9-6-11(15-8(2)16)7-12(14)13(9)10-4-5-10/h6-7,10H,3-5H2,1-2H3,(H,15,16). The summed E-state index contributed by atoms with van der Waals surface area (Å²) in [5.41, 5.74) is 2.44. The van der Waals surface area contributed by atoms with Crippen LogP contribution in [0.1, 0.15) is 43.7 Å². The molecule has 1 N–H and O–H groups in total. The lowest BCUT2D eigenvalue weighted by atomic mass is 9.99. The number of hydrogen-bond acceptors (Lipinski definition) is 1. The second kappa shape index (κ2) is 4.24. The average molecular weight is 221 g/mol. The van der Waals surface area contributed by atoms with E-state index < -0.39 is 0 Å². The van der Waals surface area contributed by atoms with E-state index in [2.05, 4.69) is 5.32 Å². The van der Waals surface area contributed by atoms with Crippen molar-refractivity contribution >= 4 is 11.6 Å². The Morgan fingerprint density at radius 3 is 2.69 bits per heavy atom. The van der Waals surface area contributed by atoms with E-state index in [1.807, 2.05) is 13.0 Å². The summed E-state index contributed by atoms with van der Waals surface area (Å²) in [6, 6.07) is 3.31. The van der Waals surface area contributed by atoms with Crippen LogP contribution in [0, 0.1) is 5.82 Å². The van der Waals surface area contributed by atoms with Crippen LogP contribution in [0.5, 0.6) is 0 Å². The van der Waals surface area contributed by atoms with Crippen molar-refractivity contribution < 1.29 is 9.18 Å². The summed E-state index contributed by atoms with van der Waals surface area (Å²) in [4.78, 5) is 10.9. The number of anilines is 1. The summed E-state index contributed by atoms with van der Waals surface area (Å²) in [6.45, 7) is 3.44. The van der Waals surface area contributed by atoms with Gasteiger partial charge in [-0.05, 0) is 48.4 Å². The number of carbonyl (C=O) groups is 1. The molecule has 0 aromatic heterocycles. The summed E-state index contributed by atoms with van der Waals surface area (Å²) in [7, 11) is 0. The molecular formula is C13H16FNO. The molecule has 0 aliphatic heterocycles. The first kappa shape index (κ1) is 11.1. The molecule has 0 saturated heterocycles. The third kappa shape index (κ3) is 2.23. The van der Waals surface area contributed by atoms with Gasteiger partial charge in [0.2, 0.25) is 5.91 Å². The van der Waals surface area contributed by atoms with Crippen LogP contribution in [0.3, 0.4) is 0 Å². The molecule has 1 aromatic rings. The van der Waals surface area contributed by atoms with Gasteiger partial charge in [0.1, 0.15) is 5.82 Å². The Labute approximate surface area is 94.9 Å². The molecule has 1 amide bonds. The lowest BCUT2D eigenvalue weighted by Crippen LogP contribution is -2.07. The second-order valence-corrected chi connectivity index (χ2v) is 4.34. The summed E-state index contributed by atoms with van der Waals surface area (Å²) < 4.78 is 13.9. The molecule has 16 heavy (non-hydrogen) atoms. The minimum atomic E-state index is -0.175. The van der Waals surface area contributed by atoms with E-state index in [-0.39, 0.29) is 11.7 Å². The quantitative estimate of drug-likeness (QED) is 0.834. The summed E-state index contributed by atoms with van der Waals surface area (Å²) >= 11 is 0. The summed E-state index contributed by atoms with van der Waals surface area (Å²) in [5, 5.41) is 2.63. The molecule has 3 heteroatoms. The normalized spacial score (nSPS) is 14.9. The predicted octanol–water partition coefficient (Wildman–Crippen LogP) is 3.22. The van der Waals surface area contributed by atoms with Gasteiger partial charge in [0.25, 0.3) is 0 Å². The molecule has 1 aliphatic carbocycles. The van der Waals surface area contributed by atoms with Gasteiger partial charge in [-0.2, -0.15) is 0 Å². The molecule has 2 nitrogen and oxygen atoms in total. The Morgan fingerprint density at radius 2 is 2.19 bits per heavy atom. The van der Waals surface area contributed by atoms with E-state index in [9.17, 15) is 9.18 Å². The number of nitrogens with one attached hydrogen (secondary N) is 1. The fourth-order valence-corrected chi connectivity index (χ4v) is 2.07. The van der Waals surface area contributed by atoms with Crippen LogP contribution in [-0.4, -0.2) is 5.91 Å². The molecule has 0 radical (unpaired) electrons. The van der Waals surface area contributed by atoms with Gasteiger partial charge in [-0.3, -0.25) is 4.79 Å². The highest BCUT2D eigenvalue weighted by molar-refractivity contribution is 5.88. The topological polar surface area (TPSA) is 29.1 Å². The molecule has 1 aromatic carbocycles. The zero-order valence-corrected chi connectivity index (χ0v) is 9.64. The monoisotopic (exact) mass is 221 g/mol. The zero-order valence-electron chi connectivity index (χ0n) is 9.64. The molecule has 1 fully saturated rings. The highest BCUT2D eigenvalue weighted by Gasteiger charge is 2.28. The third-order valence-corrected chi connectivity index (χ3v) is 2.90. The van der Waals surface area contributed by atoms with Crippen molar-refractivity contribution in [3.63, 3.8) is 0 Å². The van der Waals surface area contributed by atoms with Crippen LogP contribution in [0.2, 0.25) is 0 Å². The van der Waals surface area contributed by atoms with Gasteiger partial charge in [-0.25, -0.2) is 4.39 Å². The summed E-state index contributed by atoms with van der Waals surface area (Å²) in [5.74, 6) is 0.0625. The van der Waals surface area contributed by atoms with E-state index in [0.717, 1.165) is 30.4 Å². The number of rotatable bonds is 3. The Bertz CT molecular complexity index is 424. The number of hydrogen-bond donors (Lipinski definition) is 1. The van der Waals surface area contributed by atoms with E-state index in [4.69, 9.17) is 0 Å². The predicted molar refractivity (Wildman–Crippen MR) is 62.1 cm³/mol. The van der Waals surface area contributed by atoms with E-state index >= 15 is 0 Å². The van der Waals surface area contributed by atoms with E-state index in [1.165, 1.54) is 13.0 Å². The molecule has 1 aliphatic rings. The molecule has 0 unspecified atom stereocenters. The Kier molecular flexibility index (Phi) is 2.95. The largest absolute Gasteiger partial charge is 0.326 e. The molecule has 2 rings (SSSR count). The molecule has 0 bridgehead atoms. The molecule has 1 saturated carbocycles. The van der Waals surface area contributed by atoms with Gasteiger partial charge in [0.15, 0.2) is 0 Å². The smallest absolute Gasteiger partial charge is 0.221 e. The van der Waals surface area contributed by atoms with E-state index in [1.54, 1.807) is 0 Å². The minimum absolute atomic E-state index is 0.166. The first-order chi connectivity index (χ1) is 7.61. The molecule has 0 spiro atoms. The maximum absolute atomic E-state index is 13.9. The van der Waals surface area contributed by atoms with Crippen molar-refractivity contribution in [3.05, 3.63) is 29.1 Å².